The van der Waals surface area contributed by atoms with Crippen molar-refractivity contribution < 1.29 is 14.7 Å². The first-order chi connectivity index (χ1) is 10.1. The molecule has 1 N–H and O–H groups in total. The van der Waals surface area contributed by atoms with Gasteiger partial charge in [0.2, 0.25) is 0 Å². The van der Waals surface area contributed by atoms with E-state index in [0.717, 1.165) is 5.69 Å². The number of aliphatic carboxylic acids is 1. The van der Waals surface area contributed by atoms with Gasteiger partial charge in [-0.2, -0.15) is 5.10 Å². The average Bonchev–Trinajstić information content (AvgIpc) is 2.96. The molecule has 2 aromatic rings. The van der Waals surface area contributed by atoms with Crippen LogP contribution in [0.2, 0.25) is 0 Å². The molecular formula is C15H15N3O3. The minimum absolute atomic E-state index is 0.0522. The van der Waals surface area contributed by atoms with E-state index >= 15 is 0 Å². The number of hydrogen-bond acceptors (Lipinski definition) is 3. The molecule has 6 nitrogen and oxygen atoms in total. The van der Waals surface area contributed by atoms with E-state index in [0.29, 0.717) is 18.7 Å². The van der Waals surface area contributed by atoms with Crippen molar-refractivity contribution in [1.82, 2.24) is 14.7 Å². The monoisotopic (exact) mass is 285 g/mol. The zero-order chi connectivity index (χ0) is 14.8. The van der Waals surface area contributed by atoms with E-state index in [2.05, 4.69) is 5.10 Å². The first-order valence-corrected chi connectivity index (χ1v) is 6.74. The van der Waals surface area contributed by atoms with E-state index in [4.69, 9.17) is 5.11 Å². The third-order valence-electron chi connectivity index (χ3n) is 3.59. The summed E-state index contributed by atoms with van der Waals surface area (Å²) in [6.07, 6.45) is 3.66. The molecule has 108 valence electrons. The van der Waals surface area contributed by atoms with Crippen LogP contribution in [0.1, 0.15) is 16.8 Å². The third kappa shape index (κ3) is 2.79. The molecule has 1 aliphatic rings. The molecule has 0 aliphatic carbocycles. The maximum Gasteiger partial charge on any atom is 0.303 e. The summed E-state index contributed by atoms with van der Waals surface area (Å²) in [5.41, 5.74) is 1.50. The summed E-state index contributed by atoms with van der Waals surface area (Å²) in [6, 6.07) is 9.05. The molecule has 0 spiro atoms. The highest BCUT2D eigenvalue weighted by molar-refractivity contribution is 5.95. The summed E-state index contributed by atoms with van der Waals surface area (Å²) in [6.45, 7) is 1.04. The Hall–Kier alpha value is -2.63. The van der Waals surface area contributed by atoms with Gasteiger partial charge in [-0.1, -0.05) is 0 Å². The van der Waals surface area contributed by atoms with E-state index in [-0.39, 0.29) is 18.2 Å². The molecule has 0 unspecified atom stereocenters. The molecule has 1 fully saturated rings. The van der Waals surface area contributed by atoms with Crippen LogP contribution in [-0.4, -0.2) is 44.8 Å². The van der Waals surface area contributed by atoms with E-state index in [9.17, 15) is 9.59 Å². The van der Waals surface area contributed by atoms with Gasteiger partial charge in [-0.05, 0) is 30.3 Å². The smallest absolute Gasteiger partial charge is 0.303 e. The molecule has 1 aliphatic heterocycles. The highest BCUT2D eigenvalue weighted by Gasteiger charge is 2.32. The van der Waals surface area contributed by atoms with Crippen molar-refractivity contribution in [2.75, 3.05) is 13.1 Å². The second-order valence-corrected chi connectivity index (χ2v) is 5.17. The summed E-state index contributed by atoms with van der Waals surface area (Å²) in [5.74, 6) is -0.783. The van der Waals surface area contributed by atoms with Crippen LogP contribution in [0.25, 0.3) is 5.69 Å². The quantitative estimate of drug-likeness (QED) is 0.921. The lowest BCUT2D eigenvalue weighted by molar-refractivity contribution is -0.139. The predicted octanol–water partition coefficient (Wildman–Crippen LogP) is 1.42. The fraction of sp³-hybridized carbons (Fsp3) is 0.267. The number of carboxylic acids is 1. The lowest BCUT2D eigenvalue weighted by Crippen LogP contribution is -2.50. The molecule has 21 heavy (non-hydrogen) atoms. The summed E-state index contributed by atoms with van der Waals surface area (Å²) in [4.78, 5) is 24.5. The number of nitrogens with zero attached hydrogens (tertiary/aromatic N) is 3. The highest BCUT2D eigenvalue weighted by Crippen LogP contribution is 2.22. The second-order valence-electron chi connectivity index (χ2n) is 5.17. The molecule has 2 heterocycles. The fourth-order valence-electron chi connectivity index (χ4n) is 2.47. The second kappa shape index (κ2) is 5.40. The normalized spacial score (nSPS) is 14.8. The Labute approximate surface area is 121 Å². The van der Waals surface area contributed by atoms with Crippen LogP contribution in [0.3, 0.4) is 0 Å². The molecule has 1 aromatic heterocycles. The standard InChI is InChI=1S/C15H15N3O3/c19-14(20)8-11-9-17(10-11)15(21)12-2-4-13(5-3-12)18-7-1-6-16-18/h1-7,11H,8-10H2,(H,19,20). The van der Waals surface area contributed by atoms with Gasteiger partial charge in [0.1, 0.15) is 0 Å². The molecule has 1 aromatic carbocycles. The van der Waals surface area contributed by atoms with Crippen molar-refractivity contribution in [3.8, 4) is 5.69 Å². The van der Waals surface area contributed by atoms with Gasteiger partial charge in [-0.25, -0.2) is 4.68 Å². The molecule has 1 saturated heterocycles. The number of benzene rings is 1. The molecular weight excluding hydrogens is 270 g/mol. The summed E-state index contributed by atoms with van der Waals surface area (Å²) >= 11 is 0. The molecule has 0 atom stereocenters. The number of carbonyl (C=O) groups excluding carboxylic acids is 1. The first-order valence-electron chi connectivity index (χ1n) is 6.74. The molecule has 1 amide bonds. The van der Waals surface area contributed by atoms with E-state index in [1.54, 1.807) is 27.9 Å². The van der Waals surface area contributed by atoms with Crippen molar-refractivity contribution in [2.24, 2.45) is 5.92 Å². The maximum absolute atomic E-state index is 12.2. The number of carboxylic acid groups (broad SMARTS) is 1. The minimum Gasteiger partial charge on any atom is -0.481 e. The highest BCUT2D eigenvalue weighted by atomic mass is 16.4. The van der Waals surface area contributed by atoms with E-state index in [1.807, 2.05) is 24.4 Å². The van der Waals surface area contributed by atoms with E-state index < -0.39 is 5.97 Å². The molecule has 6 heteroatoms. The Morgan fingerprint density at radius 2 is 1.95 bits per heavy atom. The zero-order valence-corrected chi connectivity index (χ0v) is 11.3. The summed E-state index contributed by atoms with van der Waals surface area (Å²) in [7, 11) is 0. The van der Waals surface area contributed by atoms with Crippen molar-refractivity contribution >= 4 is 11.9 Å². The first kappa shape index (κ1) is 13.4. The SMILES string of the molecule is O=C(O)CC1CN(C(=O)c2ccc(-n3cccn3)cc2)C1. The number of amides is 1. The van der Waals surface area contributed by atoms with Crippen molar-refractivity contribution in [3.63, 3.8) is 0 Å². The number of likely N-dealkylation sites (tertiary alicyclic amines) is 1. The van der Waals surface area contributed by atoms with Gasteiger partial charge < -0.3 is 10.0 Å². The van der Waals surface area contributed by atoms with Crippen molar-refractivity contribution in [1.29, 1.82) is 0 Å². The van der Waals surface area contributed by atoms with Crippen LogP contribution in [0.15, 0.2) is 42.7 Å². The van der Waals surface area contributed by atoms with Crippen LogP contribution in [-0.2, 0) is 4.79 Å². The summed E-state index contributed by atoms with van der Waals surface area (Å²) < 4.78 is 1.72. The van der Waals surface area contributed by atoms with Gasteiger partial charge in [0.05, 0.1) is 12.1 Å². The van der Waals surface area contributed by atoms with Gasteiger partial charge in [-0.15, -0.1) is 0 Å². The number of aromatic nitrogens is 2. The number of hydrogen-bond donors (Lipinski definition) is 1. The number of carbonyl (C=O) groups is 2. The molecule has 0 bridgehead atoms. The fourth-order valence-corrected chi connectivity index (χ4v) is 2.47. The van der Waals surface area contributed by atoms with Gasteiger partial charge in [0.15, 0.2) is 0 Å². The third-order valence-corrected chi connectivity index (χ3v) is 3.59. The lowest BCUT2D eigenvalue weighted by atomic mass is 9.95. The van der Waals surface area contributed by atoms with Crippen molar-refractivity contribution in [3.05, 3.63) is 48.3 Å². The van der Waals surface area contributed by atoms with E-state index in [1.165, 1.54) is 0 Å². The molecule has 3 rings (SSSR count). The predicted molar refractivity (Wildman–Crippen MR) is 75.2 cm³/mol. The number of rotatable bonds is 4. The maximum atomic E-state index is 12.2. The van der Waals surface area contributed by atoms with Crippen molar-refractivity contribution in [2.45, 2.75) is 6.42 Å². The summed E-state index contributed by atoms with van der Waals surface area (Å²) in [5, 5.41) is 12.8. The Balaban J connectivity index is 1.63. The molecule has 0 radical (unpaired) electrons. The zero-order valence-electron chi connectivity index (χ0n) is 11.3. The Kier molecular flexibility index (Phi) is 3.43. The van der Waals surface area contributed by atoms with Gasteiger partial charge in [0, 0.05) is 37.0 Å². The van der Waals surface area contributed by atoms with Gasteiger partial charge >= 0.3 is 5.97 Å². The van der Waals surface area contributed by atoms with Gasteiger partial charge in [-0.3, -0.25) is 9.59 Å². The Morgan fingerprint density at radius 3 is 2.52 bits per heavy atom. The largest absolute Gasteiger partial charge is 0.481 e. The van der Waals surface area contributed by atoms with Crippen LogP contribution >= 0.6 is 0 Å². The van der Waals surface area contributed by atoms with Gasteiger partial charge in [0.25, 0.3) is 5.91 Å². The van der Waals surface area contributed by atoms with Crippen LogP contribution < -0.4 is 0 Å². The topological polar surface area (TPSA) is 75.4 Å². The average molecular weight is 285 g/mol. The van der Waals surface area contributed by atoms with Crippen LogP contribution in [0.5, 0.6) is 0 Å². The Morgan fingerprint density at radius 1 is 1.24 bits per heavy atom. The lowest BCUT2D eigenvalue weighted by Gasteiger charge is -2.38. The molecule has 0 saturated carbocycles. The van der Waals surface area contributed by atoms with Crippen LogP contribution in [0.4, 0.5) is 0 Å². The minimum atomic E-state index is -0.810. The Bertz CT molecular complexity index is 643. The van der Waals surface area contributed by atoms with Crippen LogP contribution in [0, 0.1) is 5.92 Å².